The maximum Gasteiger partial charge on any atom is 0.160 e. The van der Waals surface area contributed by atoms with Gasteiger partial charge in [-0.3, -0.25) is 0 Å². The zero-order valence-corrected chi connectivity index (χ0v) is 62.0. The summed E-state index contributed by atoms with van der Waals surface area (Å²) in [6.45, 7) is 8.22. The van der Waals surface area contributed by atoms with Crippen LogP contribution in [0.4, 0.5) is 0 Å². The highest BCUT2D eigenvalue weighted by molar-refractivity contribution is 5.59. The van der Waals surface area contributed by atoms with Crippen molar-refractivity contribution in [1.29, 1.82) is 0 Å². The summed E-state index contributed by atoms with van der Waals surface area (Å²) in [5, 5.41) is 49.0. The van der Waals surface area contributed by atoms with Gasteiger partial charge in [0.05, 0.1) is 69.1 Å². The van der Waals surface area contributed by atoms with Crippen molar-refractivity contribution in [3.63, 3.8) is 0 Å². The minimum Gasteiger partial charge on any atom is -0.508 e. The Hall–Kier alpha value is -12.4. The first-order valence-corrected chi connectivity index (χ1v) is 36.1. The number of aryl methyl sites for hydroxylation is 2. The molecule has 4 heterocycles. The molecule has 552 valence electrons. The number of phenols is 5. The number of phenolic OH excluding ortho intramolecular Hbond substituents is 5. The summed E-state index contributed by atoms with van der Waals surface area (Å²) in [7, 11) is 9.98. The Kier molecular flexibility index (Phi) is 22.9. The van der Waals surface area contributed by atoms with Gasteiger partial charge >= 0.3 is 0 Å². The summed E-state index contributed by atoms with van der Waals surface area (Å²) in [5.74, 6) is 10.1. The molecule has 12 aromatic carbocycles. The van der Waals surface area contributed by atoms with E-state index < -0.39 is 0 Å². The van der Waals surface area contributed by atoms with E-state index in [1.807, 2.05) is 116 Å². The van der Waals surface area contributed by atoms with Gasteiger partial charge in [-0.2, -0.15) is 0 Å². The topological polar surface area (TPSA) is 193 Å². The fourth-order valence-electron chi connectivity index (χ4n) is 15.3. The molecule has 12 aromatic rings. The molecule has 0 saturated heterocycles. The quantitative estimate of drug-likeness (QED) is 0.0690. The van der Waals surface area contributed by atoms with Crippen LogP contribution in [0.1, 0.15) is 131 Å². The lowest BCUT2D eigenvalue weighted by Gasteiger charge is -2.35. The van der Waals surface area contributed by atoms with Gasteiger partial charge in [0, 0.05) is 87.3 Å². The van der Waals surface area contributed by atoms with Gasteiger partial charge in [0.15, 0.2) is 11.5 Å². The van der Waals surface area contributed by atoms with Crippen molar-refractivity contribution in [3.05, 3.63) is 338 Å². The molecule has 4 aliphatic rings. The van der Waals surface area contributed by atoms with Gasteiger partial charge < -0.3 is 72.9 Å². The molecule has 16 rings (SSSR count). The lowest BCUT2D eigenvalue weighted by Crippen LogP contribution is -2.26. The molecular formula is C93H90O15. The van der Waals surface area contributed by atoms with Gasteiger partial charge in [-0.15, -0.1) is 0 Å². The van der Waals surface area contributed by atoms with Crippen LogP contribution >= 0.6 is 0 Å². The molecule has 4 aliphatic heterocycles. The van der Waals surface area contributed by atoms with Gasteiger partial charge in [0.1, 0.15) is 74.7 Å². The predicted molar refractivity (Wildman–Crippen MR) is 419 cm³/mol. The Labute approximate surface area is 631 Å². The average Bonchev–Trinajstić information content (AvgIpc) is 0.783. The molecule has 0 spiro atoms. The van der Waals surface area contributed by atoms with Crippen molar-refractivity contribution in [1.82, 2.24) is 0 Å². The van der Waals surface area contributed by atoms with Crippen LogP contribution < -0.4 is 47.4 Å². The van der Waals surface area contributed by atoms with Crippen LogP contribution in [-0.4, -0.2) is 94.6 Å². The number of fused-ring (bicyclic) bond motifs is 4. The monoisotopic (exact) mass is 1450 g/mol. The second kappa shape index (κ2) is 33.4. The number of aromatic hydroxyl groups is 5. The van der Waals surface area contributed by atoms with Crippen molar-refractivity contribution in [3.8, 4) is 86.2 Å². The molecule has 0 amide bonds. The van der Waals surface area contributed by atoms with Gasteiger partial charge in [-0.05, 0) is 180 Å². The second-order valence-corrected chi connectivity index (χ2v) is 27.5. The minimum absolute atomic E-state index is 0.0528. The van der Waals surface area contributed by atoms with Crippen molar-refractivity contribution >= 4 is 0 Å². The van der Waals surface area contributed by atoms with Crippen molar-refractivity contribution in [2.75, 3.05) is 69.1 Å². The van der Waals surface area contributed by atoms with Crippen LogP contribution in [0.3, 0.4) is 0 Å². The van der Waals surface area contributed by atoms with Gasteiger partial charge in [-0.1, -0.05) is 139 Å². The van der Waals surface area contributed by atoms with E-state index in [2.05, 4.69) is 105 Å². The summed E-state index contributed by atoms with van der Waals surface area (Å²) in [5.41, 5.74) is 16.9. The summed E-state index contributed by atoms with van der Waals surface area (Å²) in [6.07, 6.45) is 0. The summed E-state index contributed by atoms with van der Waals surface area (Å²) in [6, 6.07) is 82.9. The molecule has 15 nitrogen and oxygen atoms in total. The second-order valence-electron chi connectivity index (χ2n) is 27.5. The molecule has 8 unspecified atom stereocenters. The lowest BCUT2D eigenvalue weighted by atomic mass is 9.75. The highest BCUT2D eigenvalue weighted by atomic mass is 16.5. The van der Waals surface area contributed by atoms with Crippen LogP contribution in [0.5, 0.6) is 86.2 Å². The lowest BCUT2D eigenvalue weighted by molar-refractivity contribution is 0.245. The Morgan fingerprint density at radius 2 is 0.630 bits per heavy atom. The molecule has 0 saturated carbocycles. The van der Waals surface area contributed by atoms with Crippen LogP contribution in [0.25, 0.3) is 0 Å². The minimum atomic E-state index is 0.0528. The fourth-order valence-corrected chi connectivity index (χ4v) is 15.3. The standard InChI is InChI=1S/C25H26O5.C24H24O3.C22H20O4.C22H20O3/c1-15-21(26)11-10-19-24(16-5-8-18(27-2)9-6-16)20(14-30-25(15)19)17-7-12-22(28-3)23(13-17)29-4;1-16-4-13-21-23(14-16)27-15-22(17-5-9-19(25-2)10-6-17)24(21)18-7-11-20(26-3)12-8-18;1-25-18-4-2-3-15(11-18)22-19-10-9-17(24)12-21(19)26-13-20(22)14-5-7-16(23)8-6-14;1-14-2-4-16(5-3-14)22-19-11-10-18(24)12-21(19)25-13-20(22)15-6-8-17(23)9-7-15/h5-13,20,24,26H,14H2,1-4H3;4-14,22,24H,15H2,1-3H3;2-12,20,22-24H,13H2,1H3;2-12,20,22-24H,13H2,1H3. The summed E-state index contributed by atoms with van der Waals surface area (Å²) >= 11 is 0. The highest BCUT2D eigenvalue weighted by Crippen LogP contribution is 2.53. The SMILES string of the molecule is COc1ccc(C2COc3cc(C)ccc3C2c2ccc(OC)cc2)cc1.COc1ccc(C2c3ccc(O)c(C)c3OCC2c2ccc(OC)c(OC)c2)cc1.COc1cccc(C2c3ccc(O)cc3OCC2c2ccc(O)cc2)c1.Cc1ccc(C2c3ccc(O)cc3OCC2c2ccc(O)cc2)cc1. The fraction of sp³-hybridized carbons (Fsp3) is 0.226. The largest absolute Gasteiger partial charge is 0.508 e. The molecule has 0 aromatic heterocycles. The zero-order chi connectivity index (χ0) is 75.5. The third-order valence-electron chi connectivity index (χ3n) is 21.0. The van der Waals surface area contributed by atoms with E-state index in [0.717, 1.165) is 90.3 Å². The Morgan fingerprint density at radius 1 is 0.269 bits per heavy atom. The van der Waals surface area contributed by atoms with Crippen LogP contribution in [0.2, 0.25) is 0 Å². The average molecular weight is 1450 g/mol. The Bertz CT molecular complexity index is 5020. The van der Waals surface area contributed by atoms with E-state index in [4.69, 9.17) is 47.4 Å². The molecule has 0 fully saturated rings. The molecular weight excluding hydrogens is 1360 g/mol. The van der Waals surface area contributed by atoms with Crippen molar-refractivity contribution < 1.29 is 72.9 Å². The van der Waals surface area contributed by atoms with Gasteiger partial charge in [-0.25, -0.2) is 0 Å². The zero-order valence-electron chi connectivity index (χ0n) is 62.0. The van der Waals surface area contributed by atoms with E-state index in [0.29, 0.717) is 43.7 Å². The molecule has 8 atom stereocenters. The van der Waals surface area contributed by atoms with E-state index in [9.17, 15) is 25.5 Å². The van der Waals surface area contributed by atoms with E-state index in [1.165, 1.54) is 33.4 Å². The number of hydrogen-bond donors (Lipinski definition) is 5. The van der Waals surface area contributed by atoms with Gasteiger partial charge in [0.25, 0.3) is 0 Å². The molecule has 0 bridgehead atoms. The predicted octanol–water partition coefficient (Wildman–Crippen LogP) is 19.5. The first kappa shape index (κ1) is 73.9. The maximum absolute atomic E-state index is 10.2. The molecule has 5 N–H and O–H groups in total. The summed E-state index contributed by atoms with van der Waals surface area (Å²) < 4.78 is 56.6. The third-order valence-corrected chi connectivity index (χ3v) is 21.0. The highest BCUT2D eigenvalue weighted by Gasteiger charge is 2.39. The normalized spacial score (nSPS) is 18.4. The smallest absolute Gasteiger partial charge is 0.160 e. The Morgan fingerprint density at radius 3 is 1.09 bits per heavy atom. The first-order chi connectivity index (χ1) is 52.5. The Balaban J connectivity index is 0.000000127. The molecule has 15 heteroatoms. The number of rotatable bonds is 14. The number of benzene rings is 12. The van der Waals surface area contributed by atoms with E-state index >= 15 is 0 Å². The van der Waals surface area contributed by atoms with Crippen LogP contribution in [-0.2, 0) is 0 Å². The number of methoxy groups -OCH3 is 6. The number of hydrogen-bond acceptors (Lipinski definition) is 15. The van der Waals surface area contributed by atoms with Crippen molar-refractivity contribution in [2.24, 2.45) is 0 Å². The van der Waals surface area contributed by atoms with Gasteiger partial charge in [0.2, 0.25) is 0 Å². The summed E-state index contributed by atoms with van der Waals surface area (Å²) in [4.78, 5) is 0. The van der Waals surface area contributed by atoms with Crippen LogP contribution in [0.15, 0.2) is 255 Å². The molecule has 0 aliphatic carbocycles. The van der Waals surface area contributed by atoms with E-state index in [1.54, 1.807) is 97.3 Å². The van der Waals surface area contributed by atoms with Crippen LogP contribution in [0, 0.1) is 20.8 Å². The van der Waals surface area contributed by atoms with E-state index in [-0.39, 0.29) is 76.1 Å². The third kappa shape index (κ3) is 16.2. The molecule has 108 heavy (non-hydrogen) atoms. The number of ether oxygens (including phenoxy) is 10. The van der Waals surface area contributed by atoms with Crippen molar-refractivity contribution in [2.45, 2.75) is 68.1 Å². The maximum atomic E-state index is 10.2. The first-order valence-electron chi connectivity index (χ1n) is 36.1. The molecule has 0 radical (unpaired) electrons.